The lowest BCUT2D eigenvalue weighted by molar-refractivity contribution is -0.00937. The number of benzene rings is 2. The number of nitriles is 1. The van der Waals surface area contributed by atoms with Gasteiger partial charge in [-0.1, -0.05) is 38.1 Å². The Labute approximate surface area is 193 Å². The van der Waals surface area contributed by atoms with Gasteiger partial charge in [0.25, 0.3) is 5.91 Å². The summed E-state index contributed by atoms with van der Waals surface area (Å²) in [6.07, 6.45) is 1.30. The van der Waals surface area contributed by atoms with Gasteiger partial charge >= 0.3 is 0 Å². The molecule has 0 unspecified atom stereocenters. The van der Waals surface area contributed by atoms with E-state index < -0.39 is 5.60 Å². The van der Waals surface area contributed by atoms with Crippen LogP contribution in [0.4, 0.5) is 0 Å². The van der Waals surface area contributed by atoms with Gasteiger partial charge in [0.1, 0.15) is 17.5 Å². The Kier molecular flexibility index (Phi) is 5.02. The van der Waals surface area contributed by atoms with Gasteiger partial charge in [0.15, 0.2) is 5.60 Å². The number of nitrogens with zero attached hydrogens (tertiary/aromatic N) is 3. The smallest absolute Gasteiger partial charge is 0.253 e. The molecule has 1 saturated heterocycles. The SMILES string of the molecule is CC(C)(CO)c1ccc(C(=O)N2CCC3(CC2)Oc2ccccc2-n2c(C#N)ccc23)cc1. The predicted octanol–water partition coefficient (Wildman–Crippen LogP) is 4.14. The van der Waals surface area contributed by atoms with Gasteiger partial charge in [-0.3, -0.25) is 9.36 Å². The number of aromatic nitrogens is 1. The third-order valence-corrected chi connectivity index (χ3v) is 7.04. The van der Waals surface area contributed by atoms with Crippen molar-refractivity contribution >= 4 is 5.91 Å². The average Bonchev–Trinajstić information content (AvgIpc) is 3.30. The Morgan fingerprint density at radius 2 is 1.79 bits per heavy atom. The van der Waals surface area contributed by atoms with E-state index in [1.807, 2.05) is 84.0 Å². The van der Waals surface area contributed by atoms with Crippen LogP contribution in [0.1, 0.15) is 54.0 Å². The molecule has 1 N–H and O–H groups in total. The Bertz CT molecular complexity index is 1240. The molecule has 1 fully saturated rings. The van der Waals surface area contributed by atoms with Gasteiger partial charge in [0.05, 0.1) is 18.0 Å². The van der Waals surface area contributed by atoms with E-state index in [4.69, 9.17) is 4.74 Å². The Balaban J connectivity index is 1.38. The molecule has 1 spiro atoms. The molecule has 33 heavy (non-hydrogen) atoms. The van der Waals surface area contributed by atoms with Gasteiger partial charge in [0, 0.05) is 36.9 Å². The lowest BCUT2D eigenvalue weighted by atomic mass is 9.85. The van der Waals surface area contributed by atoms with E-state index in [2.05, 4.69) is 6.07 Å². The maximum absolute atomic E-state index is 13.2. The summed E-state index contributed by atoms with van der Waals surface area (Å²) in [4.78, 5) is 15.1. The third-order valence-electron chi connectivity index (χ3n) is 7.04. The minimum absolute atomic E-state index is 0.00232. The zero-order valence-electron chi connectivity index (χ0n) is 18.9. The van der Waals surface area contributed by atoms with Gasteiger partial charge in [-0.25, -0.2) is 0 Å². The number of amides is 1. The van der Waals surface area contributed by atoms with Gasteiger partial charge in [-0.05, 0) is 42.0 Å². The third kappa shape index (κ3) is 3.40. The molecule has 3 heterocycles. The van der Waals surface area contributed by atoms with Crippen LogP contribution >= 0.6 is 0 Å². The van der Waals surface area contributed by atoms with Gasteiger partial charge in [-0.15, -0.1) is 0 Å². The van der Waals surface area contributed by atoms with E-state index in [9.17, 15) is 15.2 Å². The fraction of sp³-hybridized carbons (Fsp3) is 0.333. The van der Waals surface area contributed by atoms with Crippen molar-refractivity contribution in [2.24, 2.45) is 0 Å². The van der Waals surface area contributed by atoms with Crippen molar-refractivity contribution in [1.82, 2.24) is 9.47 Å². The minimum atomic E-state index is -0.560. The first-order valence-corrected chi connectivity index (χ1v) is 11.3. The molecule has 1 amide bonds. The molecule has 5 rings (SSSR count). The number of ether oxygens (including phenoxy) is 1. The molecule has 2 aliphatic heterocycles. The molecule has 3 aromatic rings. The monoisotopic (exact) mass is 441 g/mol. The molecule has 2 aliphatic rings. The summed E-state index contributed by atoms with van der Waals surface area (Å²) in [5, 5.41) is 19.2. The van der Waals surface area contributed by atoms with E-state index in [0.29, 0.717) is 37.2 Å². The molecule has 1 aromatic heterocycles. The first kappa shape index (κ1) is 21.3. The molecule has 168 valence electrons. The number of aliphatic hydroxyl groups excluding tert-OH is 1. The molecule has 0 bridgehead atoms. The summed E-state index contributed by atoms with van der Waals surface area (Å²) in [5.74, 6) is 0.766. The highest BCUT2D eigenvalue weighted by Crippen LogP contribution is 2.45. The van der Waals surface area contributed by atoms with E-state index in [-0.39, 0.29) is 17.9 Å². The summed E-state index contributed by atoms with van der Waals surface area (Å²) in [6.45, 7) is 5.14. The van der Waals surface area contributed by atoms with Crippen LogP contribution in [0.5, 0.6) is 5.75 Å². The standard InChI is InChI=1S/C27H27N3O3/c1-26(2,18-31)20-9-7-19(8-10-20)25(32)29-15-13-27(14-16-29)24-12-11-21(17-28)30(24)22-5-3-4-6-23(22)33-27/h3-12,31H,13-16,18H2,1-2H3. The maximum atomic E-state index is 13.2. The van der Waals surface area contributed by atoms with Gasteiger partial charge in [0.2, 0.25) is 0 Å². The molecule has 0 atom stereocenters. The lowest BCUT2D eigenvalue weighted by Crippen LogP contribution is -2.50. The van der Waals surface area contributed by atoms with Crippen LogP contribution in [-0.2, 0) is 11.0 Å². The molecular formula is C27H27N3O3. The second-order valence-electron chi connectivity index (χ2n) is 9.53. The van der Waals surface area contributed by atoms with Crippen LogP contribution < -0.4 is 4.74 Å². The summed E-state index contributed by atoms with van der Waals surface area (Å²) in [6, 6.07) is 21.4. The minimum Gasteiger partial charge on any atom is -0.479 e. The zero-order chi connectivity index (χ0) is 23.2. The molecular weight excluding hydrogens is 414 g/mol. The maximum Gasteiger partial charge on any atom is 0.253 e. The van der Waals surface area contributed by atoms with E-state index >= 15 is 0 Å². The van der Waals surface area contributed by atoms with Crippen LogP contribution in [0.2, 0.25) is 0 Å². The number of piperidine rings is 1. The van der Waals surface area contributed by atoms with E-state index in [1.54, 1.807) is 0 Å². The number of fused-ring (bicyclic) bond motifs is 4. The van der Waals surface area contributed by atoms with Crippen LogP contribution in [0.25, 0.3) is 5.69 Å². The van der Waals surface area contributed by atoms with Gasteiger partial charge < -0.3 is 14.7 Å². The van der Waals surface area contributed by atoms with Gasteiger partial charge in [-0.2, -0.15) is 5.26 Å². The van der Waals surface area contributed by atoms with Crippen LogP contribution in [0.15, 0.2) is 60.7 Å². The number of rotatable bonds is 3. The molecule has 0 aliphatic carbocycles. The summed E-state index contributed by atoms with van der Waals surface area (Å²) < 4.78 is 8.55. The molecule has 6 nitrogen and oxygen atoms in total. The largest absolute Gasteiger partial charge is 0.479 e. The van der Waals surface area contributed by atoms with Crippen molar-refractivity contribution in [3.63, 3.8) is 0 Å². The normalized spacial score (nSPS) is 16.5. The highest BCUT2D eigenvalue weighted by molar-refractivity contribution is 5.94. The number of carbonyl (C=O) groups is 1. The van der Waals surface area contributed by atoms with E-state index in [0.717, 1.165) is 22.7 Å². The molecule has 0 radical (unpaired) electrons. The van der Waals surface area contributed by atoms with E-state index in [1.165, 1.54) is 0 Å². The highest BCUT2D eigenvalue weighted by atomic mass is 16.5. The fourth-order valence-electron chi connectivity index (χ4n) is 4.90. The number of hydrogen-bond donors (Lipinski definition) is 1. The lowest BCUT2D eigenvalue weighted by Gasteiger charge is -2.45. The topological polar surface area (TPSA) is 78.5 Å². The Morgan fingerprint density at radius 3 is 2.45 bits per heavy atom. The number of para-hydroxylation sites is 2. The van der Waals surface area contributed by atoms with Crippen LogP contribution in [0, 0.1) is 11.3 Å². The average molecular weight is 442 g/mol. The van der Waals surface area contributed by atoms with Crippen molar-refractivity contribution < 1.29 is 14.6 Å². The molecule has 2 aromatic carbocycles. The number of likely N-dealkylation sites (tertiary alicyclic amines) is 1. The quantitative estimate of drug-likeness (QED) is 0.663. The van der Waals surface area contributed by atoms with Crippen molar-refractivity contribution in [2.45, 2.75) is 37.7 Å². The Morgan fingerprint density at radius 1 is 1.09 bits per heavy atom. The second-order valence-corrected chi connectivity index (χ2v) is 9.53. The fourth-order valence-corrected chi connectivity index (χ4v) is 4.90. The van der Waals surface area contributed by atoms with Crippen molar-refractivity contribution in [2.75, 3.05) is 19.7 Å². The number of hydrogen-bond acceptors (Lipinski definition) is 4. The second kappa shape index (κ2) is 7.79. The molecule has 6 heteroatoms. The van der Waals surface area contributed by atoms with Crippen molar-refractivity contribution in [1.29, 1.82) is 5.26 Å². The first-order chi connectivity index (χ1) is 15.9. The molecule has 0 saturated carbocycles. The predicted molar refractivity (Wildman–Crippen MR) is 124 cm³/mol. The summed E-state index contributed by atoms with van der Waals surface area (Å²) in [7, 11) is 0. The number of aliphatic hydroxyl groups is 1. The van der Waals surface area contributed by atoms with Crippen molar-refractivity contribution in [3.05, 3.63) is 83.2 Å². The van der Waals surface area contributed by atoms with Crippen molar-refractivity contribution in [3.8, 4) is 17.5 Å². The zero-order valence-corrected chi connectivity index (χ0v) is 18.9. The summed E-state index contributed by atoms with van der Waals surface area (Å²) in [5.41, 5.74) is 3.19. The Hall–Kier alpha value is -3.56. The van der Waals surface area contributed by atoms with Crippen LogP contribution in [0.3, 0.4) is 0 Å². The highest BCUT2D eigenvalue weighted by Gasteiger charge is 2.45. The van der Waals surface area contributed by atoms with Crippen LogP contribution in [-0.4, -0.2) is 40.2 Å². The summed E-state index contributed by atoms with van der Waals surface area (Å²) >= 11 is 0. The first-order valence-electron chi connectivity index (χ1n) is 11.3. The number of carbonyl (C=O) groups excluding carboxylic acids is 1.